The number of rotatable bonds is 7. The van der Waals surface area contributed by atoms with Crippen LogP contribution < -0.4 is 5.32 Å². The summed E-state index contributed by atoms with van der Waals surface area (Å²) in [4.78, 5) is 11.3. The van der Waals surface area contributed by atoms with Crippen LogP contribution in [-0.4, -0.2) is 52.4 Å². The second-order valence-corrected chi connectivity index (χ2v) is 4.93. The Kier molecular flexibility index (Phi) is 5.49. The summed E-state index contributed by atoms with van der Waals surface area (Å²) in [5, 5.41) is 20.4. The predicted molar refractivity (Wildman–Crippen MR) is 72.9 cm³/mol. The van der Waals surface area contributed by atoms with E-state index in [1.807, 2.05) is 6.92 Å². The molecule has 7 nitrogen and oxygen atoms in total. The van der Waals surface area contributed by atoms with Gasteiger partial charge in [-0.15, -0.1) is 5.10 Å². The second kappa shape index (κ2) is 7.35. The van der Waals surface area contributed by atoms with Gasteiger partial charge in [0.2, 0.25) is 0 Å². The van der Waals surface area contributed by atoms with Crippen molar-refractivity contribution in [1.82, 2.24) is 20.3 Å². The summed E-state index contributed by atoms with van der Waals surface area (Å²) in [6.45, 7) is 5.78. The summed E-state index contributed by atoms with van der Waals surface area (Å²) in [5.41, 5.74) is 0.879. The lowest BCUT2D eigenvalue weighted by atomic mass is 9.93. The molecule has 2 rings (SSSR count). The molecule has 0 atom stereocenters. The zero-order valence-electron chi connectivity index (χ0n) is 11.8. The number of carboxylic acid groups (broad SMARTS) is 1. The van der Waals surface area contributed by atoms with Gasteiger partial charge < -0.3 is 15.2 Å². The molecule has 20 heavy (non-hydrogen) atoms. The number of piperidine rings is 1. The van der Waals surface area contributed by atoms with Crippen molar-refractivity contribution in [2.45, 2.75) is 38.6 Å². The van der Waals surface area contributed by atoms with Gasteiger partial charge in [0.15, 0.2) is 5.69 Å². The largest absolute Gasteiger partial charge is 0.476 e. The van der Waals surface area contributed by atoms with E-state index in [0.717, 1.165) is 38.0 Å². The lowest BCUT2D eigenvalue weighted by Gasteiger charge is -2.23. The second-order valence-electron chi connectivity index (χ2n) is 4.93. The van der Waals surface area contributed by atoms with E-state index in [1.165, 1.54) is 0 Å². The maximum Gasteiger partial charge on any atom is 0.358 e. The fourth-order valence-electron chi connectivity index (χ4n) is 2.60. The third-order valence-electron chi connectivity index (χ3n) is 3.56. The van der Waals surface area contributed by atoms with Gasteiger partial charge in [0.25, 0.3) is 0 Å². The Bertz CT molecular complexity index is 441. The number of aromatic carboxylic acids is 1. The lowest BCUT2D eigenvalue weighted by Crippen LogP contribution is -2.28. The molecule has 0 aromatic carbocycles. The van der Waals surface area contributed by atoms with Gasteiger partial charge in [-0.05, 0) is 39.3 Å². The van der Waals surface area contributed by atoms with Crippen molar-refractivity contribution in [3.05, 3.63) is 11.4 Å². The number of nitrogens with one attached hydrogen (secondary N) is 1. The van der Waals surface area contributed by atoms with Gasteiger partial charge in [0.1, 0.15) is 0 Å². The maximum absolute atomic E-state index is 11.3. The zero-order valence-corrected chi connectivity index (χ0v) is 11.8. The molecule has 0 unspecified atom stereocenters. The van der Waals surface area contributed by atoms with Crippen LogP contribution in [0.15, 0.2) is 0 Å². The van der Waals surface area contributed by atoms with Gasteiger partial charge in [0, 0.05) is 25.7 Å². The van der Waals surface area contributed by atoms with Crippen molar-refractivity contribution in [3.8, 4) is 0 Å². The highest BCUT2D eigenvalue weighted by molar-refractivity contribution is 5.86. The third kappa shape index (κ3) is 3.55. The first-order valence-electron chi connectivity index (χ1n) is 7.19. The van der Waals surface area contributed by atoms with E-state index < -0.39 is 5.97 Å². The zero-order chi connectivity index (χ0) is 14.4. The van der Waals surface area contributed by atoms with E-state index in [0.29, 0.717) is 19.8 Å². The van der Waals surface area contributed by atoms with Crippen molar-refractivity contribution in [2.75, 3.05) is 26.3 Å². The molecule has 1 aliphatic heterocycles. The fourth-order valence-corrected chi connectivity index (χ4v) is 2.60. The molecule has 2 heterocycles. The topological polar surface area (TPSA) is 89.3 Å². The number of carboxylic acids is 1. The molecule has 0 bridgehead atoms. The van der Waals surface area contributed by atoms with Gasteiger partial charge in [0.05, 0.1) is 5.69 Å². The molecule has 7 heteroatoms. The first kappa shape index (κ1) is 14.9. The Hall–Kier alpha value is -1.47. The van der Waals surface area contributed by atoms with Crippen LogP contribution in [-0.2, 0) is 11.3 Å². The summed E-state index contributed by atoms with van der Waals surface area (Å²) >= 11 is 0. The Morgan fingerprint density at radius 2 is 2.25 bits per heavy atom. The molecule has 1 saturated heterocycles. The number of carbonyl (C=O) groups is 1. The van der Waals surface area contributed by atoms with Crippen molar-refractivity contribution in [1.29, 1.82) is 0 Å². The average Bonchev–Trinajstić information content (AvgIpc) is 2.88. The average molecular weight is 282 g/mol. The van der Waals surface area contributed by atoms with Crippen molar-refractivity contribution in [2.24, 2.45) is 0 Å². The Morgan fingerprint density at radius 1 is 1.50 bits per heavy atom. The number of nitrogens with zero attached hydrogens (tertiary/aromatic N) is 3. The van der Waals surface area contributed by atoms with Crippen LogP contribution in [0.3, 0.4) is 0 Å². The first-order valence-corrected chi connectivity index (χ1v) is 7.19. The summed E-state index contributed by atoms with van der Waals surface area (Å²) < 4.78 is 7.06. The smallest absolute Gasteiger partial charge is 0.358 e. The summed E-state index contributed by atoms with van der Waals surface area (Å²) in [6, 6.07) is 0. The fraction of sp³-hybridized carbons (Fsp3) is 0.769. The van der Waals surface area contributed by atoms with Crippen LogP contribution in [0.2, 0.25) is 0 Å². The van der Waals surface area contributed by atoms with Crippen LogP contribution in [0, 0.1) is 0 Å². The van der Waals surface area contributed by atoms with Crippen LogP contribution in [0.25, 0.3) is 0 Å². The third-order valence-corrected chi connectivity index (χ3v) is 3.56. The molecule has 0 aliphatic carbocycles. The molecule has 0 amide bonds. The number of aryl methyl sites for hydroxylation is 1. The molecule has 0 radical (unpaired) electrons. The molecular weight excluding hydrogens is 260 g/mol. The highest BCUT2D eigenvalue weighted by Crippen LogP contribution is 2.27. The minimum atomic E-state index is -0.991. The van der Waals surface area contributed by atoms with Crippen LogP contribution >= 0.6 is 0 Å². The highest BCUT2D eigenvalue weighted by atomic mass is 16.5. The standard InChI is InChI=1S/C13H22N4O3/c1-2-20-9-3-8-17-12(10-4-6-14-7-5-10)11(13(18)19)15-16-17/h10,14H,2-9H2,1H3,(H,18,19). The molecule has 0 spiro atoms. The molecule has 112 valence electrons. The molecule has 1 aliphatic rings. The van der Waals surface area contributed by atoms with Crippen LogP contribution in [0.5, 0.6) is 0 Å². The normalized spacial score (nSPS) is 16.4. The summed E-state index contributed by atoms with van der Waals surface area (Å²) in [7, 11) is 0. The van der Waals surface area contributed by atoms with Gasteiger partial charge in [-0.1, -0.05) is 5.21 Å². The minimum absolute atomic E-state index is 0.105. The van der Waals surface area contributed by atoms with Gasteiger partial charge >= 0.3 is 5.97 Å². The minimum Gasteiger partial charge on any atom is -0.476 e. The number of hydrogen-bond acceptors (Lipinski definition) is 5. The molecule has 1 aromatic rings. The van der Waals surface area contributed by atoms with Crippen molar-refractivity contribution in [3.63, 3.8) is 0 Å². The lowest BCUT2D eigenvalue weighted by molar-refractivity contribution is 0.0688. The van der Waals surface area contributed by atoms with Crippen LogP contribution in [0.1, 0.15) is 48.3 Å². The summed E-state index contributed by atoms with van der Waals surface area (Å²) in [6.07, 6.45) is 2.67. The van der Waals surface area contributed by atoms with E-state index in [1.54, 1.807) is 4.68 Å². The van der Waals surface area contributed by atoms with Gasteiger partial charge in [-0.25, -0.2) is 9.48 Å². The van der Waals surface area contributed by atoms with E-state index >= 15 is 0 Å². The van der Waals surface area contributed by atoms with Crippen molar-refractivity contribution >= 4 is 5.97 Å². The Labute approximate surface area is 118 Å². The highest BCUT2D eigenvalue weighted by Gasteiger charge is 2.27. The quantitative estimate of drug-likeness (QED) is 0.721. The van der Waals surface area contributed by atoms with Gasteiger partial charge in [-0.3, -0.25) is 0 Å². The first-order chi connectivity index (χ1) is 9.74. The molecule has 0 saturated carbocycles. The molecular formula is C13H22N4O3. The van der Waals surface area contributed by atoms with E-state index in [2.05, 4.69) is 15.6 Å². The van der Waals surface area contributed by atoms with Crippen LogP contribution in [0.4, 0.5) is 0 Å². The number of aromatic nitrogens is 3. The monoisotopic (exact) mass is 282 g/mol. The van der Waals surface area contributed by atoms with Crippen molar-refractivity contribution < 1.29 is 14.6 Å². The predicted octanol–water partition coefficient (Wildman–Crippen LogP) is 0.870. The SMILES string of the molecule is CCOCCCn1nnc(C(=O)O)c1C1CCNCC1. The Morgan fingerprint density at radius 3 is 2.90 bits per heavy atom. The Balaban J connectivity index is 2.11. The number of hydrogen-bond donors (Lipinski definition) is 2. The van der Waals surface area contributed by atoms with E-state index in [4.69, 9.17) is 4.74 Å². The molecule has 2 N–H and O–H groups in total. The van der Waals surface area contributed by atoms with E-state index in [-0.39, 0.29) is 11.6 Å². The van der Waals surface area contributed by atoms with E-state index in [9.17, 15) is 9.90 Å². The summed E-state index contributed by atoms with van der Waals surface area (Å²) in [5.74, 6) is -0.765. The van der Waals surface area contributed by atoms with Gasteiger partial charge in [-0.2, -0.15) is 0 Å². The maximum atomic E-state index is 11.3. The molecule has 1 aromatic heterocycles. The number of ether oxygens (including phenoxy) is 1. The molecule has 1 fully saturated rings.